The summed E-state index contributed by atoms with van der Waals surface area (Å²) in [5.74, 6) is -1.84. The number of carbonyl (C=O) groups excluding carboxylic acids is 2. The van der Waals surface area contributed by atoms with Crippen LogP contribution in [0.25, 0.3) is 0 Å². The van der Waals surface area contributed by atoms with Gasteiger partial charge in [-0.1, -0.05) is 125 Å². The average Bonchev–Trinajstić information content (AvgIpc) is 2.88. The van der Waals surface area contributed by atoms with E-state index in [4.69, 9.17) is 0 Å². The van der Waals surface area contributed by atoms with Crippen LogP contribution in [0.5, 0.6) is 0 Å². The summed E-state index contributed by atoms with van der Waals surface area (Å²) in [5.41, 5.74) is 2.85. The van der Waals surface area contributed by atoms with E-state index in [-0.39, 0.29) is 40.5 Å². The van der Waals surface area contributed by atoms with Crippen LogP contribution >= 0.6 is 0 Å². The largest absolute Gasteiger partial charge is 2.00 e. The van der Waals surface area contributed by atoms with E-state index in [0.29, 0.717) is 0 Å². The molecule has 0 saturated carbocycles. The molecule has 0 spiro atoms. The third-order valence-electron chi connectivity index (χ3n) is 6.38. The number of aliphatic carboxylic acids is 2. The van der Waals surface area contributed by atoms with Crippen LogP contribution in [0.15, 0.2) is 60.7 Å². The fourth-order valence-corrected chi connectivity index (χ4v) is 4.25. The summed E-state index contributed by atoms with van der Waals surface area (Å²) < 4.78 is 0. The number of aryl methyl sites for hydroxylation is 2. The maximum absolute atomic E-state index is 10.2. The minimum Gasteiger partial charge on any atom is -0.550 e. The number of unbranched alkanes of at least 4 members (excludes halogenated alkanes) is 12. The van der Waals surface area contributed by atoms with Crippen molar-refractivity contribution in [3.8, 4) is 0 Å². The van der Waals surface area contributed by atoms with Gasteiger partial charge in [-0.25, -0.2) is 0 Å². The van der Waals surface area contributed by atoms with Gasteiger partial charge in [0.25, 0.3) is 0 Å². The molecule has 0 unspecified atom stereocenters. The van der Waals surface area contributed by atoms with Crippen molar-refractivity contribution < 1.29 is 47.5 Å². The molecule has 0 aliphatic rings. The molecule has 0 aliphatic heterocycles. The molecule has 2 aromatic carbocycles. The van der Waals surface area contributed by atoms with Gasteiger partial charge in [-0.2, -0.15) is 0 Å². The van der Waals surface area contributed by atoms with Gasteiger partial charge in [0.05, 0.1) is 0 Å². The molecule has 0 fully saturated rings. The molecule has 0 atom stereocenters. The first kappa shape index (κ1) is 35.3. The van der Waals surface area contributed by atoms with Crippen molar-refractivity contribution in [2.75, 3.05) is 0 Å². The van der Waals surface area contributed by atoms with Gasteiger partial charge < -0.3 is 19.8 Å². The van der Waals surface area contributed by atoms with E-state index in [1.165, 1.54) is 75.3 Å². The van der Waals surface area contributed by atoms with Crippen LogP contribution in [0.1, 0.15) is 114 Å². The van der Waals surface area contributed by atoms with Crippen LogP contribution in [0.2, 0.25) is 0 Å². The van der Waals surface area contributed by atoms with E-state index in [1.54, 1.807) is 0 Å². The number of carboxylic acid groups (broad SMARTS) is 2. The SMILES string of the molecule is O=C([O-])CCCCCCCCCc1ccccc1.O=C([O-])CCCCCCCCCc1ccccc1.[Hg+2]. The summed E-state index contributed by atoms with van der Waals surface area (Å²) in [6.45, 7) is 0. The van der Waals surface area contributed by atoms with Crippen LogP contribution in [0, 0.1) is 0 Å². The van der Waals surface area contributed by atoms with E-state index in [0.717, 1.165) is 38.5 Å². The molecule has 37 heavy (non-hydrogen) atoms. The van der Waals surface area contributed by atoms with Gasteiger partial charge in [0.2, 0.25) is 0 Å². The molecule has 200 valence electrons. The van der Waals surface area contributed by atoms with Gasteiger partial charge in [-0.3, -0.25) is 0 Å². The second kappa shape index (κ2) is 25.9. The normalized spacial score (nSPS) is 10.2. The monoisotopic (exact) mass is 696 g/mol. The number of carboxylic acids is 2. The number of benzene rings is 2. The zero-order valence-electron chi connectivity index (χ0n) is 22.8. The topological polar surface area (TPSA) is 80.3 Å². The second-order valence-electron chi connectivity index (χ2n) is 9.66. The predicted octanol–water partition coefficient (Wildman–Crippen LogP) is 6.20. The molecular weight excluding hydrogens is 649 g/mol. The van der Waals surface area contributed by atoms with Crippen molar-refractivity contribution in [3.05, 3.63) is 71.8 Å². The van der Waals surface area contributed by atoms with Gasteiger partial charge in [-0.05, 0) is 62.5 Å². The van der Waals surface area contributed by atoms with Gasteiger partial charge in [-0.15, -0.1) is 0 Å². The van der Waals surface area contributed by atoms with Gasteiger partial charge in [0.15, 0.2) is 0 Å². The van der Waals surface area contributed by atoms with E-state index >= 15 is 0 Å². The fourth-order valence-electron chi connectivity index (χ4n) is 4.25. The smallest absolute Gasteiger partial charge is 0.550 e. The first-order valence-corrected chi connectivity index (χ1v) is 14.1. The van der Waals surface area contributed by atoms with Crippen LogP contribution in [-0.4, -0.2) is 11.9 Å². The standard InChI is InChI=1S/2C16H24O2.Hg/c2*17-16(18)14-10-5-3-1-2-4-7-11-15-12-8-6-9-13-15;/h2*6,8-9,12-13H,1-5,7,10-11,14H2,(H,17,18);/q;;+2/p-2. The van der Waals surface area contributed by atoms with Crippen molar-refractivity contribution in [3.63, 3.8) is 0 Å². The van der Waals surface area contributed by atoms with Gasteiger partial charge >= 0.3 is 27.7 Å². The Bertz CT molecular complexity index is 712. The Morgan fingerprint density at radius 1 is 0.432 bits per heavy atom. The molecule has 4 nitrogen and oxygen atoms in total. The summed E-state index contributed by atoms with van der Waals surface area (Å²) in [5, 5.41) is 20.4. The summed E-state index contributed by atoms with van der Waals surface area (Å²) in [7, 11) is 0. The summed E-state index contributed by atoms with van der Waals surface area (Å²) in [4.78, 5) is 20.4. The van der Waals surface area contributed by atoms with Crippen LogP contribution in [-0.2, 0) is 50.1 Å². The van der Waals surface area contributed by atoms with E-state index < -0.39 is 11.9 Å². The van der Waals surface area contributed by atoms with E-state index in [9.17, 15) is 19.8 Å². The fraction of sp³-hybridized carbons (Fsp3) is 0.562. The Morgan fingerprint density at radius 3 is 1.00 bits per heavy atom. The zero-order valence-corrected chi connectivity index (χ0v) is 28.3. The molecule has 0 saturated heterocycles. The summed E-state index contributed by atoms with van der Waals surface area (Å²) in [6, 6.07) is 21.2. The third kappa shape index (κ3) is 24.4. The second-order valence-corrected chi connectivity index (χ2v) is 9.66. The quantitative estimate of drug-likeness (QED) is 0.122. The minimum absolute atomic E-state index is 0. The van der Waals surface area contributed by atoms with Crippen molar-refractivity contribution in [2.45, 2.75) is 116 Å². The van der Waals surface area contributed by atoms with Gasteiger partial charge in [0, 0.05) is 11.9 Å². The van der Waals surface area contributed by atoms with Crippen molar-refractivity contribution in [1.82, 2.24) is 0 Å². The molecule has 0 bridgehead atoms. The third-order valence-corrected chi connectivity index (χ3v) is 6.38. The van der Waals surface area contributed by atoms with E-state index in [1.807, 2.05) is 0 Å². The van der Waals surface area contributed by atoms with Crippen molar-refractivity contribution in [1.29, 1.82) is 0 Å². The molecule has 0 aromatic heterocycles. The molecule has 0 amide bonds. The molecule has 0 aliphatic carbocycles. The van der Waals surface area contributed by atoms with Crippen molar-refractivity contribution in [2.24, 2.45) is 0 Å². The molecule has 0 radical (unpaired) electrons. The average molecular weight is 695 g/mol. The Morgan fingerprint density at radius 2 is 0.703 bits per heavy atom. The molecule has 0 heterocycles. The van der Waals surface area contributed by atoms with Crippen LogP contribution < -0.4 is 10.2 Å². The Balaban J connectivity index is 0.000000682. The predicted molar refractivity (Wildman–Crippen MR) is 144 cm³/mol. The first-order valence-electron chi connectivity index (χ1n) is 14.1. The van der Waals surface area contributed by atoms with Crippen molar-refractivity contribution >= 4 is 11.9 Å². The maximum atomic E-state index is 10.2. The van der Waals surface area contributed by atoms with Crippen LogP contribution in [0.4, 0.5) is 0 Å². The number of hydrogen-bond donors (Lipinski definition) is 0. The minimum atomic E-state index is -0.919. The molecule has 5 heteroatoms. The molecule has 0 N–H and O–H groups in total. The summed E-state index contributed by atoms with van der Waals surface area (Å²) in [6.07, 6.45) is 18.7. The molecule has 2 aromatic rings. The number of carbonyl (C=O) groups is 2. The molecular formula is C32H46HgO4. The first-order chi connectivity index (χ1) is 17.6. The molecule has 2 rings (SSSR count). The van der Waals surface area contributed by atoms with Crippen LogP contribution in [0.3, 0.4) is 0 Å². The number of rotatable bonds is 20. The Kier molecular flexibility index (Phi) is 24.8. The maximum Gasteiger partial charge on any atom is 2.00 e. The Hall–Kier alpha value is -1.68. The Labute approximate surface area is 245 Å². The summed E-state index contributed by atoms with van der Waals surface area (Å²) >= 11 is 0. The van der Waals surface area contributed by atoms with E-state index in [2.05, 4.69) is 60.7 Å². The number of hydrogen-bond acceptors (Lipinski definition) is 4. The zero-order chi connectivity index (χ0) is 26.1. The van der Waals surface area contributed by atoms with Gasteiger partial charge in [0.1, 0.15) is 0 Å².